The molecule has 1 fully saturated rings. The Hall–Kier alpha value is -2.29. The molecule has 2 aromatic rings. The molecule has 26 heavy (non-hydrogen) atoms. The maximum atomic E-state index is 12.3. The Bertz CT molecular complexity index is 842. The molecule has 1 saturated heterocycles. The Morgan fingerprint density at radius 3 is 2.73 bits per heavy atom. The van der Waals surface area contributed by atoms with E-state index in [1.807, 2.05) is 0 Å². The first-order valence-electron chi connectivity index (χ1n) is 8.42. The number of piperidine rings is 1. The lowest BCUT2D eigenvalue weighted by molar-refractivity contribution is 0.0945. The van der Waals surface area contributed by atoms with E-state index in [2.05, 4.69) is 21.3 Å². The summed E-state index contributed by atoms with van der Waals surface area (Å²) in [6.45, 7) is 2.25. The molecule has 0 spiro atoms. The average molecular weight is 389 g/mol. The number of hydrogen-bond donors (Lipinski definition) is 1. The molecule has 0 bridgehead atoms. The molecule has 2 heterocycles. The molecule has 1 N–H and O–H groups in total. The van der Waals surface area contributed by atoms with Gasteiger partial charge in [0.15, 0.2) is 0 Å². The normalized spacial score (nSPS) is 14.7. The molecule has 0 radical (unpaired) electrons. The van der Waals surface area contributed by atoms with Gasteiger partial charge in [-0.1, -0.05) is 23.2 Å². The molecule has 1 aliphatic rings. The van der Waals surface area contributed by atoms with Gasteiger partial charge in [-0.25, -0.2) is 4.98 Å². The highest BCUT2D eigenvalue weighted by Gasteiger charge is 2.22. The van der Waals surface area contributed by atoms with Crippen LogP contribution in [0.5, 0.6) is 0 Å². The van der Waals surface area contributed by atoms with Crippen LogP contribution in [0.1, 0.15) is 28.8 Å². The molecule has 5 nitrogen and oxygen atoms in total. The standard InChI is InChI=1S/C19H18Cl2N4O/c20-16-4-3-14(10-17(16)21)19(26)24-12-13-5-8-25(9-6-13)18-15(11-22)2-1-7-23-18/h1-4,7,10,13H,5-6,8-9,12H2,(H,24,26). The van der Waals surface area contributed by atoms with E-state index in [-0.39, 0.29) is 5.91 Å². The van der Waals surface area contributed by atoms with Gasteiger partial charge >= 0.3 is 0 Å². The Kier molecular flexibility index (Phi) is 5.97. The molecular weight excluding hydrogens is 371 g/mol. The van der Waals surface area contributed by atoms with Crippen molar-refractivity contribution in [2.24, 2.45) is 5.92 Å². The minimum absolute atomic E-state index is 0.150. The predicted octanol–water partition coefficient (Wildman–Crippen LogP) is 3.91. The second-order valence-electron chi connectivity index (χ2n) is 6.26. The first-order chi connectivity index (χ1) is 12.6. The number of amides is 1. The maximum Gasteiger partial charge on any atom is 0.251 e. The van der Waals surface area contributed by atoms with Crippen molar-refractivity contribution in [2.45, 2.75) is 12.8 Å². The number of aromatic nitrogens is 1. The zero-order valence-corrected chi connectivity index (χ0v) is 15.6. The summed E-state index contributed by atoms with van der Waals surface area (Å²) in [5.74, 6) is 0.989. The predicted molar refractivity (Wildman–Crippen MR) is 103 cm³/mol. The highest BCUT2D eigenvalue weighted by Crippen LogP contribution is 2.25. The van der Waals surface area contributed by atoms with E-state index < -0.39 is 0 Å². The molecule has 0 saturated carbocycles. The van der Waals surface area contributed by atoms with Crippen LogP contribution in [0.25, 0.3) is 0 Å². The van der Waals surface area contributed by atoms with E-state index in [1.54, 1.807) is 36.5 Å². The molecule has 0 unspecified atom stereocenters. The van der Waals surface area contributed by atoms with E-state index >= 15 is 0 Å². The van der Waals surface area contributed by atoms with Crippen molar-refractivity contribution >= 4 is 34.9 Å². The summed E-state index contributed by atoms with van der Waals surface area (Å²) in [4.78, 5) is 18.7. The number of halogens is 2. The van der Waals surface area contributed by atoms with Crippen LogP contribution in [0.3, 0.4) is 0 Å². The van der Waals surface area contributed by atoms with Crippen LogP contribution in [0.15, 0.2) is 36.5 Å². The number of nitriles is 1. The highest BCUT2D eigenvalue weighted by atomic mass is 35.5. The third kappa shape index (κ3) is 4.27. The zero-order valence-electron chi connectivity index (χ0n) is 14.1. The van der Waals surface area contributed by atoms with E-state index in [0.29, 0.717) is 33.6 Å². The summed E-state index contributed by atoms with van der Waals surface area (Å²) in [6, 6.07) is 10.6. The summed E-state index contributed by atoms with van der Waals surface area (Å²) in [5.41, 5.74) is 1.10. The van der Waals surface area contributed by atoms with Crippen LogP contribution in [-0.4, -0.2) is 30.5 Å². The van der Waals surface area contributed by atoms with Crippen molar-refractivity contribution < 1.29 is 4.79 Å². The lowest BCUT2D eigenvalue weighted by Gasteiger charge is -2.33. The molecule has 7 heteroatoms. The third-order valence-corrected chi connectivity index (χ3v) is 5.29. The van der Waals surface area contributed by atoms with E-state index in [4.69, 9.17) is 23.2 Å². The van der Waals surface area contributed by atoms with Gasteiger partial charge in [0.05, 0.1) is 15.6 Å². The van der Waals surface area contributed by atoms with Crippen LogP contribution in [0.4, 0.5) is 5.82 Å². The van der Waals surface area contributed by atoms with Gasteiger partial charge in [0.25, 0.3) is 5.91 Å². The fourth-order valence-electron chi connectivity index (χ4n) is 3.06. The van der Waals surface area contributed by atoms with Gasteiger partial charge in [-0.15, -0.1) is 0 Å². The van der Waals surface area contributed by atoms with Gasteiger partial charge in [0, 0.05) is 31.4 Å². The Labute approximate surface area is 162 Å². The Morgan fingerprint density at radius 2 is 2.04 bits per heavy atom. The molecule has 134 valence electrons. The van der Waals surface area contributed by atoms with Crippen LogP contribution >= 0.6 is 23.2 Å². The van der Waals surface area contributed by atoms with E-state index in [0.717, 1.165) is 31.7 Å². The van der Waals surface area contributed by atoms with Gasteiger partial charge < -0.3 is 10.2 Å². The SMILES string of the molecule is N#Cc1cccnc1N1CCC(CNC(=O)c2ccc(Cl)c(Cl)c2)CC1. The molecular formula is C19H18Cl2N4O. The molecule has 0 atom stereocenters. The first kappa shape index (κ1) is 18.5. The van der Waals surface area contributed by atoms with Crippen LogP contribution < -0.4 is 10.2 Å². The third-order valence-electron chi connectivity index (χ3n) is 4.55. The van der Waals surface area contributed by atoms with Crippen molar-refractivity contribution in [3.8, 4) is 6.07 Å². The van der Waals surface area contributed by atoms with Gasteiger partial charge in [-0.05, 0) is 49.1 Å². The lowest BCUT2D eigenvalue weighted by atomic mass is 9.96. The molecule has 3 rings (SSSR count). The quantitative estimate of drug-likeness (QED) is 0.861. The van der Waals surface area contributed by atoms with Crippen molar-refractivity contribution in [3.05, 3.63) is 57.7 Å². The second-order valence-corrected chi connectivity index (χ2v) is 7.07. The number of carbonyl (C=O) groups is 1. The van der Waals surface area contributed by atoms with Crippen LogP contribution in [0.2, 0.25) is 10.0 Å². The minimum atomic E-state index is -0.150. The topological polar surface area (TPSA) is 69.0 Å². The van der Waals surface area contributed by atoms with Gasteiger partial charge in [-0.2, -0.15) is 5.26 Å². The monoisotopic (exact) mass is 388 g/mol. The fraction of sp³-hybridized carbons (Fsp3) is 0.316. The van der Waals surface area contributed by atoms with Gasteiger partial charge in [0.2, 0.25) is 0 Å². The molecule has 1 aromatic heterocycles. The van der Waals surface area contributed by atoms with Gasteiger partial charge in [-0.3, -0.25) is 4.79 Å². The number of nitrogens with one attached hydrogen (secondary N) is 1. The number of anilines is 1. The van der Waals surface area contributed by atoms with Crippen molar-refractivity contribution in [2.75, 3.05) is 24.5 Å². The van der Waals surface area contributed by atoms with E-state index in [1.165, 1.54) is 0 Å². The molecule has 0 aliphatic carbocycles. The summed E-state index contributed by atoms with van der Waals surface area (Å²) in [5, 5.41) is 13.0. The number of nitrogens with zero attached hydrogens (tertiary/aromatic N) is 3. The number of benzene rings is 1. The Balaban J connectivity index is 1.52. The smallest absolute Gasteiger partial charge is 0.251 e. The number of rotatable bonds is 4. The number of hydrogen-bond acceptors (Lipinski definition) is 4. The Morgan fingerprint density at radius 1 is 1.27 bits per heavy atom. The molecule has 1 aliphatic heterocycles. The summed E-state index contributed by atoms with van der Waals surface area (Å²) in [6.07, 6.45) is 3.58. The maximum absolute atomic E-state index is 12.3. The van der Waals surface area contributed by atoms with Crippen LogP contribution in [0, 0.1) is 17.2 Å². The largest absolute Gasteiger partial charge is 0.356 e. The minimum Gasteiger partial charge on any atom is -0.356 e. The fourth-order valence-corrected chi connectivity index (χ4v) is 3.36. The molecule has 1 amide bonds. The van der Waals surface area contributed by atoms with Gasteiger partial charge in [0.1, 0.15) is 11.9 Å². The first-order valence-corrected chi connectivity index (χ1v) is 9.17. The van der Waals surface area contributed by atoms with Crippen LogP contribution in [-0.2, 0) is 0 Å². The number of pyridine rings is 1. The second kappa shape index (κ2) is 8.39. The molecule has 1 aromatic carbocycles. The average Bonchev–Trinajstić information content (AvgIpc) is 2.68. The zero-order chi connectivity index (χ0) is 18.5. The summed E-state index contributed by atoms with van der Waals surface area (Å²) < 4.78 is 0. The van der Waals surface area contributed by atoms with Crippen molar-refractivity contribution in [3.63, 3.8) is 0 Å². The lowest BCUT2D eigenvalue weighted by Crippen LogP contribution is -2.39. The summed E-state index contributed by atoms with van der Waals surface area (Å²) >= 11 is 11.8. The highest BCUT2D eigenvalue weighted by molar-refractivity contribution is 6.42. The van der Waals surface area contributed by atoms with Crippen molar-refractivity contribution in [1.82, 2.24) is 10.3 Å². The van der Waals surface area contributed by atoms with Crippen molar-refractivity contribution in [1.29, 1.82) is 5.26 Å². The summed E-state index contributed by atoms with van der Waals surface area (Å²) in [7, 11) is 0. The van der Waals surface area contributed by atoms with E-state index in [9.17, 15) is 10.1 Å². The number of carbonyl (C=O) groups excluding carboxylic acids is 1.